The molecule has 0 aromatic carbocycles. The molecule has 4 nitrogen and oxygen atoms in total. The molecule has 0 spiro atoms. The molecule has 0 aromatic rings. The average Bonchev–Trinajstić information content (AvgIpc) is 2.24. The fourth-order valence-corrected chi connectivity index (χ4v) is 3.04. The largest absolute Gasteiger partial charge is 0.497 e. The molecule has 0 aliphatic heterocycles. The van der Waals surface area contributed by atoms with E-state index in [9.17, 15) is 0 Å². The van der Waals surface area contributed by atoms with Gasteiger partial charge in [0, 0.05) is 26.4 Å². The Balaban J connectivity index is 3.59. The van der Waals surface area contributed by atoms with E-state index in [1.54, 1.807) is 0 Å². The Bertz CT molecular complexity index is 149. The molecule has 0 fully saturated rings. The summed E-state index contributed by atoms with van der Waals surface area (Å²) in [6.45, 7) is 11.2. The van der Waals surface area contributed by atoms with E-state index in [1.165, 1.54) is 0 Å². The van der Waals surface area contributed by atoms with Crippen LogP contribution in [0.15, 0.2) is 0 Å². The van der Waals surface area contributed by atoms with Crippen LogP contribution in [0.1, 0.15) is 33.6 Å². The van der Waals surface area contributed by atoms with Crippen molar-refractivity contribution in [3.63, 3.8) is 0 Å². The molecule has 0 radical (unpaired) electrons. The van der Waals surface area contributed by atoms with Gasteiger partial charge >= 0.3 is 8.80 Å². The van der Waals surface area contributed by atoms with E-state index >= 15 is 0 Å². The van der Waals surface area contributed by atoms with Gasteiger partial charge in [0.1, 0.15) is 0 Å². The highest BCUT2D eigenvalue weighted by atomic mass is 28.4. The second-order valence-corrected chi connectivity index (χ2v) is 6.13. The van der Waals surface area contributed by atoms with E-state index in [0.29, 0.717) is 26.4 Å². The molecular formula is C11H26O4Si. The Morgan fingerprint density at radius 2 is 1.44 bits per heavy atom. The standard InChI is InChI=1S/C11H26O4Si/c1-5-8-9-12-10-11-15-16(4,13-6-2)14-7-3/h5-11H2,1-4H3. The molecule has 0 saturated heterocycles. The number of unbranched alkanes of at least 4 members (excludes halogenated alkanes) is 1. The van der Waals surface area contributed by atoms with Crippen molar-refractivity contribution in [1.82, 2.24) is 0 Å². The lowest BCUT2D eigenvalue weighted by atomic mass is 10.4. The van der Waals surface area contributed by atoms with Crippen molar-refractivity contribution in [2.45, 2.75) is 40.2 Å². The van der Waals surface area contributed by atoms with Crippen LogP contribution in [0.5, 0.6) is 0 Å². The third kappa shape index (κ3) is 8.24. The summed E-state index contributed by atoms with van der Waals surface area (Å²) in [4.78, 5) is 0. The van der Waals surface area contributed by atoms with Crippen molar-refractivity contribution >= 4 is 8.80 Å². The van der Waals surface area contributed by atoms with Gasteiger partial charge < -0.3 is 18.0 Å². The lowest BCUT2D eigenvalue weighted by Crippen LogP contribution is -2.43. The topological polar surface area (TPSA) is 36.9 Å². The van der Waals surface area contributed by atoms with Crippen molar-refractivity contribution in [3.05, 3.63) is 0 Å². The SMILES string of the molecule is CCCCOCCO[Si](C)(OCC)OCC. The summed E-state index contributed by atoms with van der Waals surface area (Å²) in [7, 11) is -2.40. The summed E-state index contributed by atoms with van der Waals surface area (Å²) < 4.78 is 22.1. The summed E-state index contributed by atoms with van der Waals surface area (Å²) in [5, 5.41) is 0. The third-order valence-corrected chi connectivity index (χ3v) is 4.40. The fourth-order valence-electron chi connectivity index (χ4n) is 1.28. The predicted octanol–water partition coefficient (Wildman–Crippen LogP) is 2.46. The van der Waals surface area contributed by atoms with Crippen LogP contribution in [0.2, 0.25) is 6.55 Å². The number of hydrogen-bond acceptors (Lipinski definition) is 4. The van der Waals surface area contributed by atoms with E-state index in [0.717, 1.165) is 19.4 Å². The molecule has 0 unspecified atom stereocenters. The van der Waals surface area contributed by atoms with Gasteiger partial charge in [-0.3, -0.25) is 0 Å². The maximum Gasteiger partial charge on any atom is 0.497 e. The normalized spacial score (nSPS) is 12.0. The lowest BCUT2D eigenvalue weighted by Gasteiger charge is -2.24. The van der Waals surface area contributed by atoms with Gasteiger partial charge in [-0.2, -0.15) is 0 Å². The first-order valence-corrected chi connectivity index (χ1v) is 8.40. The van der Waals surface area contributed by atoms with Crippen LogP contribution in [0, 0.1) is 0 Å². The maximum atomic E-state index is 5.66. The molecule has 0 N–H and O–H groups in total. The Morgan fingerprint density at radius 1 is 0.812 bits per heavy atom. The van der Waals surface area contributed by atoms with E-state index < -0.39 is 8.80 Å². The molecule has 0 aromatic heterocycles. The molecule has 0 aliphatic rings. The first-order chi connectivity index (χ1) is 7.68. The Morgan fingerprint density at radius 3 is 1.94 bits per heavy atom. The molecule has 98 valence electrons. The van der Waals surface area contributed by atoms with Gasteiger partial charge in [0.25, 0.3) is 0 Å². The van der Waals surface area contributed by atoms with Crippen LogP contribution >= 0.6 is 0 Å². The van der Waals surface area contributed by atoms with Crippen LogP contribution in [-0.2, 0) is 18.0 Å². The number of ether oxygens (including phenoxy) is 1. The molecule has 0 atom stereocenters. The van der Waals surface area contributed by atoms with Crippen LogP contribution in [0.3, 0.4) is 0 Å². The lowest BCUT2D eigenvalue weighted by molar-refractivity contribution is 0.0377. The maximum absolute atomic E-state index is 5.66. The monoisotopic (exact) mass is 250 g/mol. The molecule has 16 heavy (non-hydrogen) atoms. The van der Waals surface area contributed by atoms with E-state index in [1.807, 2.05) is 20.4 Å². The molecule has 0 aliphatic carbocycles. The van der Waals surface area contributed by atoms with Gasteiger partial charge in [0.15, 0.2) is 0 Å². The first-order valence-electron chi connectivity index (χ1n) is 6.18. The minimum atomic E-state index is -2.40. The quantitative estimate of drug-likeness (QED) is 0.417. The summed E-state index contributed by atoms with van der Waals surface area (Å²) in [5.41, 5.74) is 0. The smallest absolute Gasteiger partial charge is 0.379 e. The minimum absolute atomic E-state index is 0.548. The van der Waals surface area contributed by atoms with Crippen molar-refractivity contribution < 1.29 is 18.0 Å². The zero-order valence-electron chi connectivity index (χ0n) is 11.1. The number of hydrogen-bond donors (Lipinski definition) is 0. The first kappa shape index (κ1) is 16.1. The van der Waals surface area contributed by atoms with Crippen molar-refractivity contribution in [3.8, 4) is 0 Å². The van der Waals surface area contributed by atoms with Crippen molar-refractivity contribution in [2.75, 3.05) is 33.0 Å². The van der Waals surface area contributed by atoms with Gasteiger partial charge in [0.2, 0.25) is 0 Å². The van der Waals surface area contributed by atoms with Gasteiger partial charge in [-0.1, -0.05) is 13.3 Å². The molecular weight excluding hydrogens is 224 g/mol. The highest BCUT2D eigenvalue weighted by molar-refractivity contribution is 6.59. The van der Waals surface area contributed by atoms with Crippen LogP contribution < -0.4 is 0 Å². The van der Waals surface area contributed by atoms with Gasteiger partial charge in [-0.05, 0) is 20.3 Å². The van der Waals surface area contributed by atoms with Gasteiger partial charge in [-0.15, -0.1) is 0 Å². The highest BCUT2D eigenvalue weighted by Crippen LogP contribution is 2.08. The zero-order chi connectivity index (χ0) is 12.3. The van der Waals surface area contributed by atoms with E-state index in [4.69, 9.17) is 18.0 Å². The van der Waals surface area contributed by atoms with Crippen LogP contribution in [-0.4, -0.2) is 41.8 Å². The minimum Gasteiger partial charge on any atom is -0.379 e. The molecule has 0 saturated carbocycles. The summed E-state index contributed by atoms with van der Waals surface area (Å²) in [6, 6.07) is 0. The third-order valence-electron chi connectivity index (χ3n) is 2.05. The second-order valence-electron chi connectivity index (χ2n) is 3.54. The molecule has 0 amide bonds. The van der Waals surface area contributed by atoms with Gasteiger partial charge in [0.05, 0.1) is 13.2 Å². The van der Waals surface area contributed by atoms with Crippen molar-refractivity contribution in [2.24, 2.45) is 0 Å². The van der Waals surface area contributed by atoms with Crippen LogP contribution in [0.25, 0.3) is 0 Å². The molecule has 0 heterocycles. The van der Waals surface area contributed by atoms with Crippen LogP contribution in [0.4, 0.5) is 0 Å². The Labute approximate surface area is 101 Å². The van der Waals surface area contributed by atoms with Crippen molar-refractivity contribution in [1.29, 1.82) is 0 Å². The Hall–Kier alpha value is 0.0569. The average molecular weight is 250 g/mol. The highest BCUT2D eigenvalue weighted by Gasteiger charge is 2.33. The molecule has 5 heteroatoms. The van der Waals surface area contributed by atoms with E-state index in [-0.39, 0.29) is 0 Å². The summed E-state index contributed by atoms with van der Waals surface area (Å²) in [5.74, 6) is 0. The second kappa shape index (κ2) is 10.2. The predicted molar refractivity (Wildman–Crippen MR) is 66.5 cm³/mol. The molecule has 0 rings (SSSR count). The fraction of sp³-hybridized carbons (Fsp3) is 1.00. The Kier molecular flexibility index (Phi) is 10.3. The van der Waals surface area contributed by atoms with Gasteiger partial charge in [-0.25, -0.2) is 0 Å². The number of rotatable bonds is 11. The summed E-state index contributed by atoms with van der Waals surface area (Å²) in [6.07, 6.45) is 2.26. The summed E-state index contributed by atoms with van der Waals surface area (Å²) >= 11 is 0. The van der Waals surface area contributed by atoms with E-state index in [2.05, 4.69) is 6.92 Å². The zero-order valence-corrected chi connectivity index (χ0v) is 12.1. The molecule has 0 bridgehead atoms.